The third-order valence-corrected chi connectivity index (χ3v) is 5.08. The average molecular weight is 425 g/mol. The van der Waals surface area contributed by atoms with E-state index in [-0.39, 0.29) is 11.4 Å². The molecule has 1 amide bonds. The molecular formula is C21H14Cl2N4O2. The minimum atomic E-state index is -0.472. The van der Waals surface area contributed by atoms with Crippen LogP contribution >= 0.6 is 23.2 Å². The Hall–Kier alpha value is -3.35. The highest BCUT2D eigenvalue weighted by atomic mass is 35.5. The summed E-state index contributed by atoms with van der Waals surface area (Å²) in [6.07, 6.45) is 1.41. The minimum Gasteiger partial charge on any atom is -0.507 e. The van der Waals surface area contributed by atoms with E-state index in [0.717, 1.165) is 16.3 Å². The number of halogens is 2. The van der Waals surface area contributed by atoms with Gasteiger partial charge in [0, 0.05) is 11.1 Å². The molecule has 0 bridgehead atoms. The van der Waals surface area contributed by atoms with Gasteiger partial charge in [-0.25, -0.2) is 5.43 Å². The number of nitrogens with one attached hydrogen (secondary N) is 2. The van der Waals surface area contributed by atoms with Crippen LogP contribution < -0.4 is 5.43 Å². The molecule has 1 aromatic heterocycles. The normalized spacial score (nSPS) is 11.2. The second-order valence-electron chi connectivity index (χ2n) is 6.21. The summed E-state index contributed by atoms with van der Waals surface area (Å²) < 4.78 is 0. The van der Waals surface area contributed by atoms with Gasteiger partial charge >= 0.3 is 0 Å². The van der Waals surface area contributed by atoms with Gasteiger partial charge in [-0.3, -0.25) is 9.89 Å². The zero-order valence-corrected chi connectivity index (χ0v) is 16.4. The number of aromatic amines is 1. The fourth-order valence-electron chi connectivity index (χ4n) is 2.88. The van der Waals surface area contributed by atoms with Crippen molar-refractivity contribution in [3.8, 4) is 17.0 Å². The number of carbonyl (C=O) groups is 1. The predicted molar refractivity (Wildman–Crippen MR) is 115 cm³/mol. The number of H-pyrrole nitrogens is 1. The van der Waals surface area contributed by atoms with Gasteiger partial charge in [-0.05, 0) is 35.0 Å². The first-order valence-electron chi connectivity index (χ1n) is 8.58. The molecule has 4 aromatic rings. The quantitative estimate of drug-likeness (QED) is 0.317. The van der Waals surface area contributed by atoms with Gasteiger partial charge in [0.15, 0.2) is 0 Å². The molecule has 0 aliphatic rings. The minimum absolute atomic E-state index is 0.0742. The predicted octanol–water partition coefficient (Wildman–Crippen LogP) is 5.01. The van der Waals surface area contributed by atoms with Crippen molar-refractivity contribution in [3.05, 3.63) is 82.0 Å². The van der Waals surface area contributed by atoms with Crippen molar-refractivity contribution < 1.29 is 9.90 Å². The molecule has 0 radical (unpaired) electrons. The Labute approximate surface area is 175 Å². The molecule has 0 aliphatic heterocycles. The van der Waals surface area contributed by atoms with Crippen LogP contribution in [-0.4, -0.2) is 27.4 Å². The molecule has 0 spiro atoms. The van der Waals surface area contributed by atoms with Crippen molar-refractivity contribution >= 4 is 46.1 Å². The number of hydrazone groups is 1. The molecule has 0 saturated carbocycles. The maximum Gasteiger partial charge on any atom is 0.289 e. The number of carbonyl (C=O) groups excluding carboxylic acids is 1. The number of fused-ring (bicyclic) bond motifs is 1. The molecule has 0 fully saturated rings. The molecule has 0 unspecified atom stereocenters. The zero-order chi connectivity index (χ0) is 20.4. The summed E-state index contributed by atoms with van der Waals surface area (Å²) in [4.78, 5) is 12.3. The molecule has 4 rings (SSSR count). The monoisotopic (exact) mass is 424 g/mol. The zero-order valence-electron chi connectivity index (χ0n) is 14.9. The summed E-state index contributed by atoms with van der Waals surface area (Å²) >= 11 is 11.9. The van der Waals surface area contributed by atoms with Crippen LogP contribution in [0.5, 0.6) is 5.75 Å². The van der Waals surface area contributed by atoms with Crippen LogP contribution in [0.2, 0.25) is 10.0 Å². The number of hydrogen-bond donors (Lipinski definition) is 3. The molecule has 8 heteroatoms. The summed E-state index contributed by atoms with van der Waals surface area (Å²) in [7, 11) is 0. The third-order valence-electron chi connectivity index (χ3n) is 4.35. The molecule has 29 heavy (non-hydrogen) atoms. The van der Waals surface area contributed by atoms with E-state index in [1.54, 1.807) is 30.3 Å². The molecule has 3 N–H and O–H groups in total. The highest BCUT2D eigenvalue weighted by Gasteiger charge is 2.12. The first-order chi connectivity index (χ1) is 14.0. The van der Waals surface area contributed by atoms with Crippen molar-refractivity contribution in [1.29, 1.82) is 0 Å². The Bertz CT molecular complexity index is 1250. The number of amides is 1. The lowest BCUT2D eigenvalue weighted by atomic mass is 10.0. The number of aromatic hydroxyl groups is 1. The van der Waals surface area contributed by atoms with Crippen LogP contribution in [0.1, 0.15) is 16.1 Å². The van der Waals surface area contributed by atoms with Crippen molar-refractivity contribution in [2.75, 3.05) is 0 Å². The molecule has 0 atom stereocenters. The molecule has 3 aromatic carbocycles. The van der Waals surface area contributed by atoms with Gasteiger partial charge in [0.1, 0.15) is 11.4 Å². The highest BCUT2D eigenvalue weighted by Crippen LogP contribution is 2.28. The number of hydrogen-bond acceptors (Lipinski definition) is 4. The van der Waals surface area contributed by atoms with Crippen LogP contribution in [-0.2, 0) is 0 Å². The second-order valence-corrected chi connectivity index (χ2v) is 7.03. The Morgan fingerprint density at radius 3 is 2.72 bits per heavy atom. The molecule has 0 aliphatic carbocycles. The number of rotatable bonds is 4. The van der Waals surface area contributed by atoms with E-state index in [4.69, 9.17) is 23.2 Å². The van der Waals surface area contributed by atoms with E-state index in [1.165, 1.54) is 6.21 Å². The molecular weight excluding hydrogens is 411 g/mol. The van der Waals surface area contributed by atoms with Gasteiger partial charge in [0.2, 0.25) is 0 Å². The highest BCUT2D eigenvalue weighted by molar-refractivity contribution is 6.42. The van der Waals surface area contributed by atoms with Gasteiger partial charge in [0.25, 0.3) is 5.91 Å². The molecule has 144 valence electrons. The van der Waals surface area contributed by atoms with Crippen LogP contribution in [0.15, 0.2) is 65.8 Å². The summed E-state index contributed by atoms with van der Waals surface area (Å²) in [5.74, 6) is -0.398. The first-order valence-corrected chi connectivity index (χ1v) is 9.33. The van der Waals surface area contributed by atoms with E-state index in [0.29, 0.717) is 21.3 Å². The molecule has 0 saturated heterocycles. The number of nitrogens with zero attached hydrogens (tertiary/aromatic N) is 2. The average Bonchev–Trinajstić information content (AvgIpc) is 3.22. The number of benzene rings is 3. The number of phenolic OH excluding ortho intramolecular Hbond substituents is 1. The van der Waals surface area contributed by atoms with Crippen molar-refractivity contribution in [2.24, 2.45) is 5.10 Å². The van der Waals surface area contributed by atoms with E-state index < -0.39 is 5.91 Å². The fourth-order valence-corrected chi connectivity index (χ4v) is 3.17. The largest absolute Gasteiger partial charge is 0.507 e. The SMILES string of the molecule is O=C(NN=Cc1c(O)ccc2ccccc12)c1cc(-c2ccc(Cl)c(Cl)c2)n[nH]1. The van der Waals surface area contributed by atoms with Gasteiger partial charge < -0.3 is 5.11 Å². The standard InChI is InChI=1S/C21H14Cl2N4O2/c22-16-7-5-13(9-17(16)23)18-10-19(26-25-18)21(29)27-24-11-15-14-4-2-1-3-12(14)6-8-20(15)28/h1-11,28H,(H,25,26)(H,27,29). The van der Waals surface area contributed by atoms with E-state index in [2.05, 4.69) is 20.7 Å². The second kappa shape index (κ2) is 7.95. The lowest BCUT2D eigenvalue weighted by molar-refractivity contribution is 0.0950. The van der Waals surface area contributed by atoms with Crippen molar-refractivity contribution in [3.63, 3.8) is 0 Å². The van der Waals surface area contributed by atoms with Crippen LogP contribution in [0.4, 0.5) is 0 Å². The lowest BCUT2D eigenvalue weighted by Crippen LogP contribution is -2.18. The van der Waals surface area contributed by atoms with Crippen LogP contribution in [0.25, 0.3) is 22.0 Å². The van der Waals surface area contributed by atoms with E-state index in [9.17, 15) is 9.90 Å². The van der Waals surface area contributed by atoms with Gasteiger partial charge in [-0.2, -0.15) is 10.2 Å². The summed E-state index contributed by atoms with van der Waals surface area (Å²) in [6, 6.07) is 17.7. The van der Waals surface area contributed by atoms with E-state index in [1.807, 2.05) is 30.3 Å². The third kappa shape index (κ3) is 3.94. The van der Waals surface area contributed by atoms with Crippen LogP contribution in [0.3, 0.4) is 0 Å². The Balaban J connectivity index is 1.52. The van der Waals surface area contributed by atoms with Crippen LogP contribution in [0, 0.1) is 0 Å². The first kappa shape index (κ1) is 19.0. The molecule has 1 heterocycles. The number of phenols is 1. The fraction of sp³-hybridized carbons (Fsp3) is 0. The van der Waals surface area contributed by atoms with E-state index >= 15 is 0 Å². The number of aromatic nitrogens is 2. The molecule has 6 nitrogen and oxygen atoms in total. The summed E-state index contributed by atoms with van der Waals surface area (Å²) in [5.41, 5.74) is 4.44. The Kier molecular flexibility index (Phi) is 5.20. The summed E-state index contributed by atoms with van der Waals surface area (Å²) in [6.45, 7) is 0. The maximum atomic E-state index is 12.3. The topological polar surface area (TPSA) is 90.4 Å². The Morgan fingerprint density at radius 2 is 1.90 bits per heavy atom. The van der Waals surface area contributed by atoms with Gasteiger partial charge in [0.05, 0.1) is 22.0 Å². The lowest BCUT2D eigenvalue weighted by Gasteiger charge is -2.04. The summed E-state index contributed by atoms with van der Waals surface area (Å²) in [5, 5.41) is 23.5. The van der Waals surface area contributed by atoms with Gasteiger partial charge in [-0.1, -0.05) is 59.6 Å². The van der Waals surface area contributed by atoms with Gasteiger partial charge in [-0.15, -0.1) is 0 Å². The van der Waals surface area contributed by atoms with Crippen molar-refractivity contribution in [2.45, 2.75) is 0 Å². The van der Waals surface area contributed by atoms with Crippen molar-refractivity contribution in [1.82, 2.24) is 15.6 Å². The smallest absolute Gasteiger partial charge is 0.289 e. The Morgan fingerprint density at radius 1 is 1.07 bits per heavy atom. The maximum absolute atomic E-state index is 12.3.